The van der Waals surface area contributed by atoms with E-state index in [1.807, 2.05) is 6.92 Å². The zero-order valence-electron chi connectivity index (χ0n) is 13.5. The topological polar surface area (TPSA) is 62.3 Å². The van der Waals surface area contributed by atoms with Crippen molar-refractivity contribution in [2.24, 2.45) is 0 Å². The van der Waals surface area contributed by atoms with Gasteiger partial charge in [0.2, 0.25) is 11.8 Å². The molecule has 5 nitrogen and oxygen atoms in total. The van der Waals surface area contributed by atoms with Crippen LogP contribution in [0.4, 0.5) is 0 Å². The van der Waals surface area contributed by atoms with E-state index in [4.69, 9.17) is 0 Å². The summed E-state index contributed by atoms with van der Waals surface area (Å²) in [5, 5.41) is 4.04. The summed E-state index contributed by atoms with van der Waals surface area (Å²) in [6.45, 7) is 5.66. The monoisotopic (exact) mass is 323 g/mol. The van der Waals surface area contributed by atoms with Gasteiger partial charge in [0.15, 0.2) is 0 Å². The molecule has 22 heavy (non-hydrogen) atoms. The molecule has 2 amide bonds. The Bertz CT molecular complexity index is 508. The predicted molar refractivity (Wildman–Crippen MR) is 88.0 cm³/mol. The smallest absolute Gasteiger partial charge is 0.239 e. The van der Waals surface area contributed by atoms with Crippen molar-refractivity contribution in [2.45, 2.75) is 52.4 Å². The molecule has 2 rings (SSSR count). The van der Waals surface area contributed by atoms with Crippen molar-refractivity contribution in [3.05, 3.63) is 15.6 Å². The number of amides is 2. The summed E-state index contributed by atoms with van der Waals surface area (Å²) in [6.07, 6.45) is 5.38. The molecule has 0 radical (unpaired) electrons. The van der Waals surface area contributed by atoms with Crippen LogP contribution in [-0.4, -0.2) is 41.3 Å². The van der Waals surface area contributed by atoms with Crippen LogP contribution >= 0.6 is 11.3 Å². The van der Waals surface area contributed by atoms with Crippen LogP contribution in [0.15, 0.2) is 0 Å². The number of aromatic nitrogens is 1. The van der Waals surface area contributed by atoms with Gasteiger partial charge in [0.1, 0.15) is 0 Å². The van der Waals surface area contributed by atoms with Gasteiger partial charge in [0, 0.05) is 30.8 Å². The fraction of sp³-hybridized carbons (Fsp3) is 0.688. The van der Waals surface area contributed by atoms with Crippen molar-refractivity contribution in [3.8, 4) is 0 Å². The Morgan fingerprint density at radius 1 is 1.32 bits per heavy atom. The molecule has 0 aromatic carbocycles. The van der Waals surface area contributed by atoms with Crippen molar-refractivity contribution < 1.29 is 9.59 Å². The van der Waals surface area contributed by atoms with Crippen molar-refractivity contribution in [1.82, 2.24) is 15.2 Å². The van der Waals surface area contributed by atoms with Gasteiger partial charge in [0.25, 0.3) is 0 Å². The Morgan fingerprint density at radius 2 is 2.14 bits per heavy atom. The van der Waals surface area contributed by atoms with E-state index in [0.29, 0.717) is 19.5 Å². The van der Waals surface area contributed by atoms with E-state index in [0.717, 1.165) is 42.8 Å². The van der Waals surface area contributed by atoms with Crippen LogP contribution in [0.3, 0.4) is 0 Å². The van der Waals surface area contributed by atoms with Crippen molar-refractivity contribution >= 4 is 23.2 Å². The van der Waals surface area contributed by atoms with Crippen LogP contribution in [0.5, 0.6) is 0 Å². The van der Waals surface area contributed by atoms with Crippen LogP contribution in [-0.2, 0) is 16.0 Å². The number of carbonyl (C=O) groups excluding carboxylic acids is 2. The zero-order valence-corrected chi connectivity index (χ0v) is 14.3. The lowest BCUT2D eigenvalue weighted by Gasteiger charge is -2.19. The van der Waals surface area contributed by atoms with Gasteiger partial charge in [-0.15, -0.1) is 11.3 Å². The van der Waals surface area contributed by atoms with E-state index < -0.39 is 0 Å². The molecule has 122 valence electrons. The van der Waals surface area contributed by atoms with E-state index in [2.05, 4.69) is 17.2 Å². The zero-order chi connectivity index (χ0) is 15.9. The molecule has 1 aliphatic heterocycles. The maximum atomic E-state index is 11.9. The second kappa shape index (κ2) is 8.27. The minimum atomic E-state index is -0.0539. The first-order valence-electron chi connectivity index (χ1n) is 8.03. The highest BCUT2D eigenvalue weighted by molar-refractivity contribution is 7.11. The van der Waals surface area contributed by atoms with Crippen LogP contribution in [0.2, 0.25) is 0 Å². The predicted octanol–water partition coefficient (Wildman–Crippen LogP) is 2.21. The summed E-state index contributed by atoms with van der Waals surface area (Å²) in [4.78, 5) is 31.2. The van der Waals surface area contributed by atoms with Gasteiger partial charge in [0.05, 0.1) is 17.2 Å². The first-order valence-corrected chi connectivity index (χ1v) is 8.85. The molecule has 0 atom stereocenters. The van der Waals surface area contributed by atoms with E-state index in [9.17, 15) is 9.59 Å². The average molecular weight is 323 g/mol. The van der Waals surface area contributed by atoms with Gasteiger partial charge in [-0.25, -0.2) is 4.98 Å². The fourth-order valence-electron chi connectivity index (χ4n) is 2.55. The number of hydrogen-bond acceptors (Lipinski definition) is 4. The summed E-state index contributed by atoms with van der Waals surface area (Å²) in [7, 11) is 0. The fourth-order valence-corrected chi connectivity index (χ4v) is 3.52. The lowest BCUT2D eigenvalue weighted by atomic mass is 10.2. The molecular formula is C16H25N3O2S. The number of aryl methyl sites for hydroxylation is 3. The van der Waals surface area contributed by atoms with E-state index in [1.54, 1.807) is 16.2 Å². The van der Waals surface area contributed by atoms with E-state index >= 15 is 0 Å². The normalized spacial score (nSPS) is 15.7. The third-order valence-corrected chi connectivity index (χ3v) is 5.10. The minimum Gasteiger partial charge on any atom is -0.355 e. The third-order valence-electron chi connectivity index (χ3n) is 3.97. The van der Waals surface area contributed by atoms with Crippen LogP contribution in [0, 0.1) is 13.8 Å². The second-order valence-corrected chi connectivity index (χ2v) is 7.12. The summed E-state index contributed by atoms with van der Waals surface area (Å²) in [5.41, 5.74) is 1.10. The summed E-state index contributed by atoms with van der Waals surface area (Å²) < 4.78 is 0. The van der Waals surface area contributed by atoms with Gasteiger partial charge < -0.3 is 10.2 Å². The maximum Gasteiger partial charge on any atom is 0.239 e. The standard InChI is InChI=1S/C16H25N3O2S/c1-12-13(2)22-15(18-12)7-6-9-17-14(20)11-19-10-5-3-4-8-16(19)21/h3-11H2,1-2H3,(H,17,20). The number of nitrogens with one attached hydrogen (secondary N) is 1. The Balaban J connectivity index is 1.66. The number of likely N-dealkylation sites (tertiary alicyclic amines) is 1. The molecule has 1 saturated heterocycles. The van der Waals surface area contributed by atoms with Crippen molar-refractivity contribution in [1.29, 1.82) is 0 Å². The highest BCUT2D eigenvalue weighted by Gasteiger charge is 2.18. The van der Waals surface area contributed by atoms with Crippen LogP contribution < -0.4 is 5.32 Å². The SMILES string of the molecule is Cc1nc(CCCNC(=O)CN2CCCCCC2=O)sc1C. The molecule has 0 saturated carbocycles. The highest BCUT2D eigenvalue weighted by atomic mass is 32.1. The molecule has 2 heterocycles. The Hall–Kier alpha value is -1.43. The Morgan fingerprint density at radius 3 is 2.86 bits per heavy atom. The van der Waals surface area contributed by atoms with Crippen molar-refractivity contribution in [2.75, 3.05) is 19.6 Å². The number of rotatable bonds is 6. The molecule has 0 unspecified atom stereocenters. The number of hydrogen-bond donors (Lipinski definition) is 1. The van der Waals surface area contributed by atoms with E-state index in [-0.39, 0.29) is 18.4 Å². The molecule has 1 fully saturated rings. The van der Waals surface area contributed by atoms with Crippen LogP contribution in [0.1, 0.15) is 47.7 Å². The maximum absolute atomic E-state index is 11.9. The molecule has 1 aliphatic rings. The van der Waals surface area contributed by atoms with Gasteiger partial charge in [-0.1, -0.05) is 6.42 Å². The van der Waals surface area contributed by atoms with Gasteiger partial charge >= 0.3 is 0 Å². The minimum absolute atomic E-state index is 0.0539. The molecule has 0 bridgehead atoms. The number of nitrogens with zero attached hydrogens (tertiary/aromatic N) is 2. The lowest BCUT2D eigenvalue weighted by Crippen LogP contribution is -2.40. The second-order valence-electron chi connectivity index (χ2n) is 5.83. The van der Waals surface area contributed by atoms with Gasteiger partial charge in [-0.05, 0) is 33.1 Å². The summed E-state index contributed by atoms with van der Waals surface area (Å²) >= 11 is 1.73. The van der Waals surface area contributed by atoms with Gasteiger partial charge in [-0.2, -0.15) is 0 Å². The Kier molecular flexibility index (Phi) is 6.36. The first kappa shape index (κ1) is 16.9. The molecule has 1 N–H and O–H groups in total. The molecule has 6 heteroatoms. The third kappa shape index (κ3) is 5.09. The molecule has 1 aromatic heterocycles. The Labute approximate surface area is 136 Å². The molecule has 0 spiro atoms. The van der Waals surface area contributed by atoms with Gasteiger partial charge in [-0.3, -0.25) is 9.59 Å². The first-order chi connectivity index (χ1) is 10.6. The molecule has 1 aromatic rings. The average Bonchev–Trinajstić information content (AvgIpc) is 2.67. The number of thiazole rings is 1. The van der Waals surface area contributed by atoms with Crippen molar-refractivity contribution in [3.63, 3.8) is 0 Å². The molecule has 0 aliphatic carbocycles. The molecular weight excluding hydrogens is 298 g/mol. The lowest BCUT2D eigenvalue weighted by molar-refractivity contribution is -0.135. The number of carbonyl (C=O) groups is 2. The van der Waals surface area contributed by atoms with Crippen LogP contribution in [0.25, 0.3) is 0 Å². The largest absolute Gasteiger partial charge is 0.355 e. The van der Waals surface area contributed by atoms with E-state index in [1.165, 1.54) is 4.88 Å². The summed E-state index contributed by atoms with van der Waals surface area (Å²) in [6, 6.07) is 0. The quantitative estimate of drug-likeness (QED) is 0.817. The summed E-state index contributed by atoms with van der Waals surface area (Å²) in [5.74, 6) is 0.0585. The highest BCUT2D eigenvalue weighted by Crippen LogP contribution is 2.17.